The molecule has 0 saturated heterocycles. The van der Waals surface area contributed by atoms with E-state index >= 15 is 0 Å². The minimum atomic E-state index is -0.322. The number of carbonyl (C=O) groups excluding carboxylic acids is 1. The van der Waals surface area contributed by atoms with Crippen LogP contribution in [0.5, 0.6) is 0 Å². The number of thioether (sulfide) groups is 1. The van der Waals surface area contributed by atoms with Crippen molar-refractivity contribution in [1.82, 2.24) is 5.32 Å². The molecule has 1 amide bonds. The van der Waals surface area contributed by atoms with E-state index in [2.05, 4.69) is 10.3 Å². The van der Waals surface area contributed by atoms with Crippen LogP contribution in [0.1, 0.15) is 27.7 Å². The van der Waals surface area contributed by atoms with Gasteiger partial charge in [-0.2, -0.15) is 0 Å². The van der Waals surface area contributed by atoms with Crippen LogP contribution in [0.2, 0.25) is 0 Å². The van der Waals surface area contributed by atoms with Crippen molar-refractivity contribution in [3.05, 3.63) is 0 Å². The average Bonchev–Trinajstić information content (AvgIpc) is 1.97. The molecule has 3 N–H and O–H groups in total. The fraction of sp³-hybridized carbons (Fsp3) is 0.778. The van der Waals surface area contributed by atoms with Gasteiger partial charge in [-0.05, 0) is 27.7 Å². The maximum absolute atomic E-state index is 10.6. The maximum atomic E-state index is 10.6. The van der Waals surface area contributed by atoms with Gasteiger partial charge in [0, 0.05) is 12.1 Å². The van der Waals surface area contributed by atoms with Crippen LogP contribution in [0, 0.1) is 0 Å². The molecule has 0 bridgehead atoms. The lowest BCUT2D eigenvalue weighted by Crippen LogP contribution is -2.30. The molecule has 0 atom stereocenters. The summed E-state index contributed by atoms with van der Waals surface area (Å²) in [7, 11) is 0. The number of amides is 1. The lowest BCUT2D eigenvalue weighted by Gasteiger charge is -2.12. The van der Waals surface area contributed by atoms with E-state index in [1.165, 1.54) is 11.8 Å². The van der Waals surface area contributed by atoms with Crippen molar-refractivity contribution in [3.63, 3.8) is 0 Å². The number of nitrogens with one attached hydrogen (secondary N) is 1. The van der Waals surface area contributed by atoms with Crippen LogP contribution in [0.3, 0.4) is 0 Å². The SMILES string of the molecule is CC(C)N=C(NC(C)C)SCC(N)=O. The minimum absolute atomic E-state index is 0.219. The van der Waals surface area contributed by atoms with Crippen molar-refractivity contribution in [1.29, 1.82) is 0 Å². The predicted molar refractivity (Wildman–Crippen MR) is 62.5 cm³/mol. The fourth-order valence-electron chi connectivity index (χ4n) is 0.737. The first-order valence-electron chi connectivity index (χ1n) is 4.67. The van der Waals surface area contributed by atoms with Gasteiger partial charge in [0.25, 0.3) is 0 Å². The first-order valence-corrected chi connectivity index (χ1v) is 5.65. The topological polar surface area (TPSA) is 67.5 Å². The number of rotatable bonds is 4. The Morgan fingerprint density at radius 3 is 2.36 bits per heavy atom. The second-order valence-electron chi connectivity index (χ2n) is 3.58. The summed E-state index contributed by atoms with van der Waals surface area (Å²) < 4.78 is 0. The first-order chi connectivity index (χ1) is 6.41. The Balaban J connectivity index is 4.18. The van der Waals surface area contributed by atoms with Crippen LogP contribution in [-0.4, -0.2) is 28.9 Å². The summed E-state index contributed by atoms with van der Waals surface area (Å²) in [4.78, 5) is 14.9. The Kier molecular flexibility index (Phi) is 6.36. The highest BCUT2D eigenvalue weighted by molar-refractivity contribution is 8.14. The van der Waals surface area contributed by atoms with E-state index in [0.29, 0.717) is 6.04 Å². The van der Waals surface area contributed by atoms with Crippen LogP contribution >= 0.6 is 11.8 Å². The standard InChI is InChI=1S/C9H19N3OS/c1-6(2)11-9(12-7(3)4)14-5-8(10)13/h6-7H,5H2,1-4H3,(H2,10,13)(H,11,12). The molecule has 0 aliphatic rings. The number of primary amides is 1. The first kappa shape index (κ1) is 13.3. The summed E-state index contributed by atoms with van der Waals surface area (Å²) in [5.74, 6) is -0.0531. The van der Waals surface area contributed by atoms with E-state index in [1.54, 1.807) is 0 Å². The molecule has 0 aromatic heterocycles. The summed E-state index contributed by atoms with van der Waals surface area (Å²) in [6.07, 6.45) is 0. The molecule has 0 fully saturated rings. The van der Waals surface area contributed by atoms with Gasteiger partial charge in [-0.3, -0.25) is 9.79 Å². The van der Waals surface area contributed by atoms with Crippen molar-refractivity contribution < 1.29 is 4.79 Å². The summed E-state index contributed by atoms with van der Waals surface area (Å²) in [5.41, 5.74) is 5.06. The van der Waals surface area contributed by atoms with Crippen molar-refractivity contribution >= 4 is 22.8 Å². The molecule has 14 heavy (non-hydrogen) atoms. The molecule has 0 spiro atoms. The van der Waals surface area contributed by atoms with Crippen molar-refractivity contribution in [2.24, 2.45) is 10.7 Å². The van der Waals surface area contributed by atoms with E-state index in [1.807, 2.05) is 27.7 Å². The van der Waals surface area contributed by atoms with Gasteiger partial charge in [0.05, 0.1) is 5.75 Å². The normalized spacial score (nSPS) is 12.3. The predicted octanol–water partition coefficient (Wildman–Crippen LogP) is 0.967. The number of hydrogen-bond donors (Lipinski definition) is 2. The van der Waals surface area contributed by atoms with E-state index in [4.69, 9.17) is 5.73 Å². The average molecular weight is 217 g/mol. The highest BCUT2D eigenvalue weighted by atomic mass is 32.2. The van der Waals surface area contributed by atoms with Gasteiger partial charge in [-0.1, -0.05) is 11.8 Å². The molecule has 4 nitrogen and oxygen atoms in total. The zero-order valence-electron chi connectivity index (χ0n) is 9.20. The van der Waals surface area contributed by atoms with Gasteiger partial charge in [0.2, 0.25) is 5.91 Å². The summed E-state index contributed by atoms with van der Waals surface area (Å²) in [6.45, 7) is 8.04. The lowest BCUT2D eigenvalue weighted by atomic mass is 10.4. The number of aliphatic imine (C=N–C) groups is 1. The smallest absolute Gasteiger partial charge is 0.227 e. The second kappa shape index (κ2) is 6.70. The highest BCUT2D eigenvalue weighted by Gasteiger charge is 2.05. The molecule has 0 aliphatic heterocycles. The Hall–Kier alpha value is -0.710. The molecule has 82 valence electrons. The van der Waals surface area contributed by atoms with E-state index in [0.717, 1.165) is 5.17 Å². The molecule has 0 heterocycles. The number of nitrogens with two attached hydrogens (primary N) is 1. The van der Waals surface area contributed by atoms with Crippen LogP contribution in [0.15, 0.2) is 4.99 Å². The van der Waals surface area contributed by atoms with E-state index < -0.39 is 0 Å². The zero-order valence-corrected chi connectivity index (χ0v) is 10.0. The van der Waals surface area contributed by atoms with Crippen LogP contribution in [0.25, 0.3) is 0 Å². The largest absolute Gasteiger partial charge is 0.369 e. The third kappa shape index (κ3) is 7.91. The van der Waals surface area contributed by atoms with E-state index in [9.17, 15) is 4.79 Å². The molecule has 0 rings (SSSR count). The van der Waals surface area contributed by atoms with Crippen LogP contribution in [0.4, 0.5) is 0 Å². The van der Waals surface area contributed by atoms with Crippen LogP contribution < -0.4 is 11.1 Å². The van der Waals surface area contributed by atoms with Gasteiger partial charge in [-0.15, -0.1) is 0 Å². The Morgan fingerprint density at radius 1 is 1.43 bits per heavy atom. The maximum Gasteiger partial charge on any atom is 0.227 e. The number of nitrogens with zero attached hydrogens (tertiary/aromatic N) is 1. The Bertz CT molecular complexity index is 214. The second-order valence-corrected chi connectivity index (χ2v) is 4.55. The van der Waals surface area contributed by atoms with Gasteiger partial charge >= 0.3 is 0 Å². The van der Waals surface area contributed by atoms with Gasteiger partial charge < -0.3 is 11.1 Å². The molecule has 5 heteroatoms. The molecule has 0 aromatic carbocycles. The third-order valence-corrected chi connectivity index (χ3v) is 2.06. The number of carbonyl (C=O) groups is 1. The fourth-order valence-corrected chi connectivity index (χ4v) is 1.62. The Morgan fingerprint density at radius 2 is 2.00 bits per heavy atom. The van der Waals surface area contributed by atoms with Crippen molar-refractivity contribution in [2.75, 3.05) is 5.75 Å². The van der Waals surface area contributed by atoms with Crippen molar-refractivity contribution in [2.45, 2.75) is 39.8 Å². The number of amidine groups is 1. The third-order valence-electron chi connectivity index (χ3n) is 1.14. The monoisotopic (exact) mass is 217 g/mol. The van der Waals surface area contributed by atoms with Gasteiger partial charge in [0.1, 0.15) is 0 Å². The summed E-state index contributed by atoms with van der Waals surface area (Å²) >= 11 is 1.35. The van der Waals surface area contributed by atoms with Gasteiger partial charge in [0.15, 0.2) is 5.17 Å². The minimum Gasteiger partial charge on any atom is -0.369 e. The van der Waals surface area contributed by atoms with E-state index in [-0.39, 0.29) is 17.7 Å². The van der Waals surface area contributed by atoms with Crippen LogP contribution in [-0.2, 0) is 4.79 Å². The zero-order chi connectivity index (χ0) is 11.1. The molecule has 0 aliphatic carbocycles. The molecular formula is C9H19N3OS. The highest BCUT2D eigenvalue weighted by Crippen LogP contribution is 2.04. The quantitative estimate of drug-likeness (QED) is 0.544. The molecule has 0 unspecified atom stereocenters. The number of hydrogen-bond acceptors (Lipinski definition) is 3. The Labute approximate surface area is 89.7 Å². The lowest BCUT2D eigenvalue weighted by molar-refractivity contribution is -0.115. The molecule has 0 aromatic rings. The molecule has 0 saturated carbocycles. The molecule has 0 radical (unpaired) electrons. The summed E-state index contributed by atoms with van der Waals surface area (Å²) in [5, 5.41) is 3.96. The van der Waals surface area contributed by atoms with Gasteiger partial charge in [-0.25, -0.2) is 0 Å². The molecular weight excluding hydrogens is 198 g/mol. The summed E-state index contributed by atoms with van der Waals surface area (Å²) in [6, 6.07) is 0.532. The van der Waals surface area contributed by atoms with Crippen molar-refractivity contribution in [3.8, 4) is 0 Å².